The molecule has 3 aliphatic heterocycles. The minimum Gasteiger partial charge on any atom is -0.364 e. The monoisotopic (exact) mass is 592 g/mol. The van der Waals surface area contributed by atoms with E-state index in [2.05, 4.69) is 49.6 Å². The molecule has 3 saturated heterocycles. The molecule has 4 unspecified atom stereocenters. The largest absolute Gasteiger partial charge is 0.364 e. The molecule has 3 aromatic rings. The molecule has 12 nitrogen and oxygen atoms in total. The molecule has 2 amide bonds. The fourth-order valence-electron chi connectivity index (χ4n) is 7.18. The smallest absolute Gasteiger partial charge is 0.247 e. The van der Waals surface area contributed by atoms with Gasteiger partial charge in [-0.15, -0.1) is 5.10 Å². The Hall–Kier alpha value is -3.32. The summed E-state index contributed by atoms with van der Waals surface area (Å²) in [7, 11) is 2.08. The first kappa shape index (κ1) is 27.5. The lowest BCUT2D eigenvalue weighted by molar-refractivity contribution is -0.138. The standard InChI is InChI=1S/C29H40N10O2S/c1-34-10-12-35(13-11-34)26(40)19-37-16-21(15-30-37)31-29-32-27-25(4-3-9-38(27)33-29)36-17-22-6-7-23(18-36)39(22)28(41)20-5-8-24(14-20)42-2/h3-4,9,15-16,20,22-24H,5-8,10-14,17-19H2,1-2H3,(H,31,33). The number of fused-ring (bicyclic) bond motifs is 3. The molecule has 4 atom stereocenters. The molecule has 0 radical (unpaired) electrons. The number of piperazine rings is 2. The van der Waals surface area contributed by atoms with E-state index < -0.39 is 0 Å². The van der Waals surface area contributed by atoms with E-state index in [1.165, 1.54) is 0 Å². The van der Waals surface area contributed by atoms with Crippen molar-refractivity contribution in [3.8, 4) is 0 Å². The number of carbonyl (C=O) groups is 2. The molecule has 4 fully saturated rings. The van der Waals surface area contributed by atoms with Crippen LogP contribution in [0.15, 0.2) is 30.7 Å². The van der Waals surface area contributed by atoms with Gasteiger partial charge in [0.2, 0.25) is 17.8 Å². The molecule has 2 bridgehead atoms. The van der Waals surface area contributed by atoms with Crippen LogP contribution < -0.4 is 10.2 Å². The summed E-state index contributed by atoms with van der Waals surface area (Å²) in [4.78, 5) is 39.9. The van der Waals surface area contributed by atoms with E-state index in [0.717, 1.165) is 88.4 Å². The average molecular weight is 593 g/mol. The van der Waals surface area contributed by atoms with Gasteiger partial charge in [0.1, 0.15) is 6.54 Å². The van der Waals surface area contributed by atoms with Crippen LogP contribution in [0.25, 0.3) is 5.65 Å². The molecule has 1 N–H and O–H groups in total. The minimum atomic E-state index is 0.0800. The van der Waals surface area contributed by atoms with Crippen LogP contribution in [0.1, 0.15) is 32.1 Å². The van der Waals surface area contributed by atoms with E-state index in [9.17, 15) is 9.59 Å². The molecule has 224 valence electrons. The van der Waals surface area contributed by atoms with Gasteiger partial charge in [-0.25, -0.2) is 4.52 Å². The quantitative estimate of drug-likeness (QED) is 0.442. The first-order valence-corrected chi connectivity index (χ1v) is 16.4. The van der Waals surface area contributed by atoms with E-state index in [4.69, 9.17) is 4.98 Å². The summed E-state index contributed by atoms with van der Waals surface area (Å²) in [6.07, 6.45) is 12.9. The number of likely N-dealkylation sites (N-methyl/N-ethyl adjacent to an activating group) is 1. The van der Waals surface area contributed by atoms with E-state index in [1.54, 1.807) is 15.4 Å². The van der Waals surface area contributed by atoms with Gasteiger partial charge in [0, 0.05) is 74.9 Å². The Morgan fingerprint density at radius 2 is 1.86 bits per heavy atom. The Bertz CT molecular complexity index is 1440. The predicted molar refractivity (Wildman–Crippen MR) is 163 cm³/mol. The number of aromatic nitrogens is 5. The third-order valence-corrected chi connectivity index (χ3v) is 10.6. The molecule has 0 aromatic carbocycles. The molecule has 3 aromatic heterocycles. The Morgan fingerprint density at radius 3 is 2.60 bits per heavy atom. The van der Waals surface area contributed by atoms with Crippen LogP contribution in [0.2, 0.25) is 0 Å². The van der Waals surface area contributed by atoms with E-state index >= 15 is 0 Å². The molecular formula is C29H40N10O2S. The summed E-state index contributed by atoms with van der Waals surface area (Å²) in [5.41, 5.74) is 2.56. The molecule has 0 spiro atoms. The van der Waals surface area contributed by atoms with Crippen LogP contribution in [0, 0.1) is 5.92 Å². The highest BCUT2D eigenvalue weighted by Crippen LogP contribution is 2.39. The number of hydrogen-bond acceptors (Lipinski definition) is 9. The number of amides is 2. The van der Waals surface area contributed by atoms with Gasteiger partial charge in [-0.05, 0) is 57.5 Å². The first-order valence-electron chi connectivity index (χ1n) is 15.2. The van der Waals surface area contributed by atoms with Crippen molar-refractivity contribution in [2.24, 2.45) is 5.92 Å². The SMILES string of the molecule is CSC1CCC(C(=O)N2C3CCC2CN(c2cccn4nc(Nc5cnn(CC(=O)N6CCN(C)CC6)c5)nc24)C3)C1. The number of nitrogens with one attached hydrogen (secondary N) is 1. The normalized spacial score (nSPS) is 26.4. The van der Waals surface area contributed by atoms with Crippen LogP contribution in [0.5, 0.6) is 0 Å². The average Bonchev–Trinajstić information content (AvgIpc) is 3.79. The maximum atomic E-state index is 13.5. The van der Waals surface area contributed by atoms with Crippen LogP contribution in [-0.2, 0) is 16.1 Å². The van der Waals surface area contributed by atoms with E-state index in [0.29, 0.717) is 17.1 Å². The minimum absolute atomic E-state index is 0.0800. The summed E-state index contributed by atoms with van der Waals surface area (Å²) in [6, 6.07) is 4.62. The fourth-order valence-corrected chi connectivity index (χ4v) is 7.98. The number of thioether (sulfide) groups is 1. The topological polar surface area (TPSA) is 107 Å². The van der Waals surface area contributed by atoms with Crippen LogP contribution in [-0.4, -0.2) is 121 Å². The lowest BCUT2D eigenvalue weighted by atomic mass is 10.0. The maximum Gasteiger partial charge on any atom is 0.247 e. The number of nitrogens with zero attached hydrogens (tertiary/aromatic N) is 9. The molecule has 42 heavy (non-hydrogen) atoms. The molecule has 1 aliphatic carbocycles. The lowest BCUT2D eigenvalue weighted by Crippen LogP contribution is -2.57. The third kappa shape index (κ3) is 5.32. The highest BCUT2D eigenvalue weighted by molar-refractivity contribution is 7.99. The number of anilines is 3. The van der Waals surface area contributed by atoms with Gasteiger partial charge in [-0.1, -0.05) is 0 Å². The number of hydrogen-bond donors (Lipinski definition) is 1. The van der Waals surface area contributed by atoms with Crippen LogP contribution in [0.4, 0.5) is 17.3 Å². The molecule has 7 rings (SSSR count). The van der Waals surface area contributed by atoms with Crippen molar-refractivity contribution in [3.05, 3.63) is 30.7 Å². The number of rotatable bonds is 7. The van der Waals surface area contributed by atoms with Crippen LogP contribution >= 0.6 is 11.8 Å². The van der Waals surface area contributed by atoms with Crippen molar-refractivity contribution in [2.45, 2.75) is 56.0 Å². The molecule has 1 saturated carbocycles. The summed E-state index contributed by atoms with van der Waals surface area (Å²) in [5, 5.41) is 12.9. The summed E-state index contributed by atoms with van der Waals surface area (Å²) in [5.74, 6) is 1.14. The number of carbonyl (C=O) groups excluding carboxylic acids is 2. The van der Waals surface area contributed by atoms with Gasteiger partial charge in [0.25, 0.3) is 0 Å². The van der Waals surface area contributed by atoms with Gasteiger partial charge in [0.05, 0.1) is 17.6 Å². The second-order valence-corrected chi connectivity index (χ2v) is 13.4. The summed E-state index contributed by atoms with van der Waals surface area (Å²) in [6.45, 7) is 5.15. The molecule has 4 aliphatic rings. The van der Waals surface area contributed by atoms with Crippen LogP contribution in [0.3, 0.4) is 0 Å². The summed E-state index contributed by atoms with van der Waals surface area (Å²) >= 11 is 1.91. The first-order chi connectivity index (χ1) is 20.4. The van der Waals surface area contributed by atoms with Crippen molar-refractivity contribution < 1.29 is 9.59 Å². The Labute approximate surface area is 250 Å². The predicted octanol–water partition coefficient (Wildman–Crippen LogP) is 2.15. The Balaban J connectivity index is 1.01. The molecular weight excluding hydrogens is 552 g/mol. The highest BCUT2D eigenvalue weighted by atomic mass is 32.2. The third-order valence-electron chi connectivity index (χ3n) is 9.53. The van der Waals surface area contributed by atoms with Crippen molar-refractivity contribution in [3.63, 3.8) is 0 Å². The lowest BCUT2D eigenvalue weighted by Gasteiger charge is -2.43. The molecule has 13 heteroatoms. The van der Waals surface area contributed by atoms with Gasteiger partial charge in [0.15, 0.2) is 5.65 Å². The Morgan fingerprint density at radius 1 is 1.07 bits per heavy atom. The zero-order valence-electron chi connectivity index (χ0n) is 24.4. The van der Waals surface area contributed by atoms with Gasteiger partial charge in [-0.3, -0.25) is 14.3 Å². The van der Waals surface area contributed by atoms with E-state index in [-0.39, 0.29) is 30.5 Å². The van der Waals surface area contributed by atoms with Crippen molar-refractivity contribution in [1.82, 2.24) is 39.1 Å². The van der Waals surface area contributed by atoms with Gasteiger partial charge < -0.3 is 24.9 Å². The van der Waals surface area contributed by atoms with Crippen molar-refractivity contribution in [1.29, 1.82) is 0 Å². The molecule has 6 heterocycles. The van der Waals surface area contributed by atoms with Gasteiger partial charge in [-0.2, -0.15) is 21.8 Å². The van der Waals surface area contributed by atoms with Gasteiger partial charge >= 0.3 is 0 Å². The van der Waals surface area contributed by atoms with Crippen molar-refractivity contribution >= 4 is 46.5 Å². The van der Waals surface area contributed by atoms with E-state index in [1.807, 2.05) is 35.1 Å². The maximum absolute atomic E-state index is 13.5. The second kappa shape index (κ2) is 11.4. The Kier molecular flexibility index (Phi) is 7.47. The second-order valence-electron chi connectivity index (χ2n) is 12.2. The fraction of sp³-hybridized carbons (Fsp3) is 0.621. The number of pyridine rings is 1. The zero-order chi connectivity index (χ0) is 28.8. The highest BCUT2D eigenvalue weighted by Gasteiger charge is 2.45. The zero-order valence-corrected chi connectivity index (χ0v) is 25.2. The summed E-state index contributed by atoms with van der Waals surface area (Å²) < 4.78 is 3.47. The van der Waals surface area contributed by atoms with Crippen molar-refractivity contribution in [2.75, 3.05) is 62.8 Å².